The normalized spacial score (nSPS) is 27.6. The van der Waals surface area contributed by atoms with Crippen LogP contribution in [0.5, 0.6) is 5.75 Å². The second kappa shape index (κ2) is 8.07. The lowest BCUT2D eigenvalue weighted by atomic mass is 9.85. The molecule has 5 nitrogen and oxygen atoms in total. The highest BCUT2D eigenvalue weighted by Gasteiger charge is 2.42. The van der Waals surface area contributed by atoms with Crippen molar-refractivity contribution in [3.8, 4) is 16.9 Å². The molecule has 32 heavy (non-hydrogen) atoms. The Morgan fingerprint density at radius 3 is 2.59 bits per heavy atom. The van der Waals surface area contributed by atoms with E-state index in [0.29, 0.717) is 17.2 Å². The molecule has 3 fully saturated rings. The van der Waals surface area contributed by atoms with Crippen molar-refractivity contribution in [2.45, 2.75) is 45.3 Å². The van der Waals surface area contributed by atoms with Gasteiger partial charge in [-0.25, -0.2) is 9.18 Å². The van der Waals surface area contributed by atoms with Crippen LogP contribution in [0.25, 0.3) is 11.1 Å². The molecule has 2 atom stereocenters. The van der Waals surface area contributed by atoms with E-state index in [4.69, 9.17) is 9.47 Å². The van der Waals surface area contributed by atoms with Crippen LogP contribution in [0.3, 0.4) is 0 Å². The van der Waals surface area contributed by atoms with Crippen molar-refractivity contribution in [2.75, 3.05) is 26.7 Å². The Kier molecular flexibility index (Phi) is 5.36. The lowest BCUT2D eigenvalue weighted by molar-refractivity contribution is -0.0348. The van der Waals surface area contributed by atoms with Crippen LogP contribution in [0.2, 0.25) is 0 Å². The lowest BCUT2D eigenvalue weighted by Gasteiger charge is -2.44. The third-order valence-electron chi connectivity index (χ3n) is 7.49. The van der Waals surface area contributed by atoms with Gasteiger partial charge >= 0.3 is 6.09 Å². The quantitative estimate of drug-likeness (QED) is 0.734. The summed E-state index contributed by atoms with van der Waals surface area (Å²) >= 11 is 0. The fourth-order valence-corrected chi connectivity index (χ4v) is 5.69. The van der Waals surface area contributed by atoms with E-state index in [1.54, 1.807) is 12.1 Å². The van der Waals surface area contributed by atoms with Crippen molar-refractivity contribution in [1.82, 2.24) is 10.2 Å². The number of benzene rings is 2. The van der Waals surface area contributed by atoms with E-state index < -0.39 is 0 Å². The van der Waals surface area contributed by atoms with Gasteiger partial charge in [0.15, 0.2) is 0 Å². The number of amides is 1. The van der Waals surface area contributed by atoms with E-state index in [0.717, 1.165) is 55.6 Å². The molecular weight excluding hydrogens is 407 g/mol. The summed E-state index contributed by atoms with van der Waals surface area (Å²) in [5, 5.41) is 3.15. The molecular formula is C26H31FN2O3. The second-order valence-corrected chi connectivity index (χ2v) is 10.1. The number of carbonyl (C=O) groups excluding carboxylic acids is 1. The smallest absolute Gasteiger partial charge is 0.407 e. The number of alkyl carbamates (subject to hydrolysis) is 1. The molecule has 0 radical (unpaired) electrons. The Morgan fingerprint density at radius 2 is 1.94 bits per heavy atom. The number of fused-ring (bicyclic) bond motifs is 4. The van der Waals surface area contributed by atoms with Gasteiger partial charge in [0.2, 0.25) is 0 Å². The van der Waals surface area contributed by atoms with Gasteiger partial charge < -0.3 is 14.8 Å². The van der Waals surface area contributed by atoms with Crippen LogP contribution in [0.4, 0.5) is 9.18 Å². The number of halogens is 1. The summed E-state index contributed by atoms with van der Waals surface area (Å²) in [6.45, 7) is 7.39. The number of hydrogen-bond donors (Lipinski definition) is 1. The maximum absolute atomic E-state index is 14.6. The molecule has 2 bridgehead atoms. The van der Waals surface area contributed by atoms with Crippen molar-refractivity contribution in [3.63, 3.8) is 0 Å². The summed E-state index contributed by atoms with van der Waals surface area (Å²) < 4.78 is 25.6. The number of carbonyl (C=O) groups is 1. The summed E-state index contributed by atoms with van der Waals surface area (Å²) in [5.41, 5.74) is 3.43. The highest BCUT2D eigenvalue weighted by atomic mass is 19.1. The maximum atomic E-state index is 14.6. The lowest BCUT2D eigenvalue weighted by Crippen LogP contribution is -2.53. The summed E-state index contributed by atoms with van der Waals surface area (Å²) in [5.74, 6) is 0.674. The molecule has 4 aliphatic rings. The van der Waals surface area contributed by atoms with Crippen molar-refractivity contribution in [2.24, 2.45) is 11.3 Å². The van der Waals surface area contributed by atoms with Crippen LogP contribution in [-0.4, -0.2) is 43.8 Å². The van der Waals surface area contributed by atoms with Crippen LogP contribution in [0, 0.1) is 17.2 Å². The zero-order valence-electron chi connectivity index (χ0n) is 19.0. The molecule has 1 amide bonds. The number of ether oxygens (including phenoxy) is 2. The van der Waals surface area contributed by atoms with Crippen LogP contribution in [0.15, 0.2) is 36.4 Å². The molecule has 2 aromatic rings. The van der Waals surface area contributed by atoms with Gasteiger partial charge in [-0.15, -0.1) is 0 Å². The van der Waals surface area contributed by atoms with Gasteiger partial charge in [0.05, 0.1) is 13.2 Å². The molecule has 1 N–H and O–H groups in total. The zero-order chi connectivity index (χ0) is 22.5. The van der Waals surface area contributed by atoms with E-state index in [9.17, 15) is 9.18 Å². The Morgan fingerprint density at radius 1 is 1.16 bits per heavy atom. The first-order chi connectivity index (χ1) is 15.3. The third-order valence-corrected chi connectivity index (χ3v) is 7.49. The van der Waals surface area contributed by atoms with Crippen LogP contribution in [-0.2, 0) is 11.2 Å². The van der Waals surface area contributed by atoms with Gasteiger partial charge in [-0.2, -0.15) is 0 Å². The van der Waals surface area contributed by atoms with Crippen molar-refractivity contribution in [3.05, 3.63) is 53.3 Å². The minimum atomic E-state index is -0.333. The van der Waals surface area contributed by atoms with Gasteiger partial charge in [0, 0.05) is 18.2 Å². The molecule has 2 aromatic carbocycles. The van der Waals surface area contributed by atoms with Gasteiger partial charge in [0.25, 0.3) is 0 Å². The van der Waals surface area contributed by atoms with E-state index >= 15 is 0 Å². The highest BCUT2D eigenvalue weighted by molar-refractivity contribution is 5.70. The third kappa shape index (κ3) is 3.85. The first kappa shape index (κ1) is 21.3. The second-order valence-electron chi connectivity index (χ2n) is 10.1. The highest BCUT2D eigenvalue weighted by Crippen LogP contribution is 2.46. The Balaban J connectivity index is 1.34. The number of hydrogen-bond acceptors (Lipinski definition) is 4. The minimum absolute atomic E-state index is 0.0121. The Hall–Kier alpha value is -2.60. The molecule has 3 aliphatic heterocycles. The first-order valence-electron chi connectivity index (χ1n) is 11.5. The van der Waals surface area contributed by atoms with Gasteiger partial charge in [0.1, 0.15) is 17.7 Å². The number of nitrogens with one attached hydrogen (secondary N) is 1. The molecule has 0 aromatic heterocycles. The number of nitrogens with zero attached hydrogens (tertiary/aromatic N) is 1. The van der Waals surface area contributed by atoms with Gasteiger partial charge in [-0.3, -0.25) is 4.90 Å². The summed E-state index contributed by atoms with van der Waals surface area (Å²) in [7, 11) is 1.53. The van der Waals surface area contributed by atoms with Crippen LogP contribution >= 0.6 is 0 Å². The maximum Gasteiger partial charge on any atom is 0.407 e. The van der Waals surface area contributed by atoms with E-state index in [2.05, 4.69) is 24.1 Å². The molecule has 6 heteroatoms. The standard InChI is InChI=1S/C26H31FN2O3/c1-26(2)14-18-12-17(20-7-5-19(31-3)13-22(20)27)4-6-21(18)24(26)28-25(30)32-23-15-29-10-8-16(23)9-11-29/h4-7,12-13,16,23-24H,8-11,14-15H2,1-3H3,(H,28,30)/t23-,24?/m0/s1. The SMILES string of the molecule is COc1ccc(-c2ccc3c(c2)CC(C)(C)C3NC(=O)O[C@H]2CN3CCC2CC3)c(F)c1. The van der Waals surface area contributed by atoms with Crippen molar-refractivity contribution < 1.29 is 18.7 Å². The topological polar surface area (TPSA) is 50.8 Å². The van der Waals surface area contributed by atoms with Crippen LogP contribution in [0.1, 0.15) is 43.9 Å². The van der Waals surface area contributed by atoms with E-state index in [-0.39, 0.29) is 29.5 Å². The van der Waals surface area contributed by atoms with Gasteiger partial charge in [-0.05, 0) is 72.5 Å². The molecule has 1 unspecified atom stereocenters. The predicted molar refractivity (Wildman–Crippen MR) is 121 cm³/mol. The molecule has 0 saturated carbocycles. The number of piperidine rings is 3. The summed E-state index contributed by atoms with van der Waals surface area (Å²) in [6.07, 6.45) is 2.68. The molecule has 3 heterocycles. The molecule has 170 valence electrons. The predicted octanol–water partition coefficient (Wildman–Crippen LogP) is 4.95. The molecule has 1 aliphatic carbocycles. The van der Waals surface area contributed by atoms with Crippen molar-refractivity contribution in [1.29, 1.82) is 0 Å². The Bertz CT molecular complexity index is 1030. The van der Waals surface area contributed by atoms with E-state index in [1.165, 1.54) is 13.2 Å². The molecule has 6 rings (SSSR count). The average molecular weight is 439 g/mol. The first-order valence-corrected chi connectivity index (χ1v) is 11.5. The van der Waals surface area contributed by atoms with E-state index in [1.807, 2.05) is 18.2 Å². The average Bonchev–Trinajstić information content (AvgIpc) is 3.03. The minimum Gasteiger partial charge on any atom is -0.497 e. The fourth-order valence-electron chi connectivity index (χ4n) is 5.69. The Labute approximate surface area is 188 Å². The number of rotatable bonds is 4. The zero-order valence-corrected chi connectivity index (χ0v) is 19.0. The monoisotopic (exact) mass is 438 g/mol. The van der Waals surface area contributed by atoms with Crippen LogP contribution < -0.4 is 10.1 Å². The largest absolute Gasteiger partial charge is 0.497 e. The van der Waals surface area contributed by atoms with Gasteiger partial charge in [-0.1, -0.05) is 32.0 Å². The van der Waals surface area contributed by atoms with Crippen molar-refractivity contribution >= 4 is 6.09 Å². The number of methoxy groups -OCH3 is 1. The summed E-state index contributed by atoms with van der Waals surface area (Å²) in [6, 6.07) is 10.8. The fraction of sp³-hybridized carbons (Fsp3) is 0.500. The summed E-state index contributed by atoms with van der Waals surface area (Å²) in [4.78, 5) is 15.2. The molecule has 0 spiro atoms. The molecule has 3 saturated heterocycles.